The highest BCUT2D eigenvalue weighted by Gasteiger charge is 2.29. The van der Waals surface area contributed by atoms with Crippen LogP contribution in [0.3, 0.4) is 0 Å². The Morgan fingerprint density at radius 2 is 1.02 bits per heavy atom. The first kappa shape index (κ1) is 39.3. The van der Waals surface area contributed by atoms with E-state index in [0.717, 1.165) is 93.8 Å². The molecule has 0 bridgehead atoms. The molecule has 0 fully saturated rings. The molecule has 0 amide bonds. The van der Waals surface area contributed by atoms with Gasteiger partial charge in [0.2, 0.25) is 11.8 Å². The summed E-state index contributed by atoms with van der Waals surface area (Å²) in [7, 11) is 3.22. The van der Waals surface area contributed by atoms with E-state index in [-0.39, 0.29) is 11.8 Å². The van der Waals surface area contributed by atoms with E-state index in [4.69, 9.17) is 29.6 Å². The molecular formula is C42H40Br2N14O2. The van der Waals surface area contributed by atoms with Crippen LogP contribution in [0.1, 0.15) is 71.9 Å². The molecule has 60 heavy (non-hydrogen) atoms. The van der Waals surface area contributed by atoms with Crippen LogP contribution < -0.4 is 9.47 Å². The van der Waals surface area contributed by atoms with Crippen molar-refractivity contribution in [2.24, 2.45) is 0 Å². The fourth-order valence-electron chi connectivity index (χ4n) is 7.63. The van der Waals surface area contributed by atoms with Gasteiger partial charge in [0.25, 0.3) is 0 Å². The van der Waals surface area contributed by atoms with Gasteiger partial charge in [-0.05, 0) is 120 Å². The van der Waals surface area contributed by atoms with Crippen LogP contribution in [0.5, 0.6) is 11.8 Å². The lowest BCUT2D eigenvalue weighted by Gasteiger charge is -2.21. The zero-order valence-corrected chi connectivity index (χ0v) is 36.5. The number of pyridine rings is 4. The minimum absolute atomic E-state index is 0.118. The fourth-order valence-corrected chi connectivity index (χ4v) is 8.34. The van der Waals surface area contributed by atoms with Gasteiger partial charge in [-0.15, -0.1) is 10.2 Å². The second kappa shape index (κ2) is 16.8. The van der Waals surface area contributed by atoms with Crippen molar-refractivity contribution in [1.29, 1.82) is 0 Å². The van der Waals surface area contributed by atoms with Crippen molar-refractivity contribution in [2.75, 3.05) is 14.2 Å². The summed E-state index contributed by atoms with van der Waals surface area (Å²) in [4.78, 5) is 36.9. The fraction of sp³-hybridized carbons (Fsp3) is 0.286. The number of fused-ring (bicyclic) bond motifs is 2. The molecule has 10 heterocycles. The maximum atomic E-state index is 5.54. The highest BCUT2D eigenvalue weighted by Crippen LogP contribution is 2.35. The van der Waals surface area contributed by atoms with Crippen molar-refractivity contribution in [3.05, 3.63) is 129 Å². The molecule has 16 nitrogen and oxygen atoms in total. The number of imidazole rings is 2. The molecule has 10 rings (SSSR count). The maximum Gasteiger partial charge on any atom is 0.238 e. The van der Waals surface area contributed by atoms with Gasteiger partial charge in [-0.3, -0.25) is 0 Å². The standard InChI is InChI=1S/2C21H20BrN7O/c2*1-13-11-28(12-23-13)17-9-8-16(25-21(17)30-2)19-26-20-14(5-4-10-29(20)27-19)15-6-3-7-18(22)24-15/h2*3,6-9,11-12,14H,4-5,10H2,1-2H3/t2*14-/m10/s1. The average molecular weight is 933 g/mol. The molecule has 18 heteroatoms. The van der Waals surface area contributed by atoms with Crippen LogP contribution in [-0.4, -0.2) is 82.8 Å². The van der Waals surface area contributed by atoms with Gasteiger partial charge in [-0.25, -0.2) is 49.2 Å². The number of nitrogens with zero attached hydrogens (tertiary/aromatic N) is 14. The number of rotatable bonds is 8. The molecule has 8 aromatic heterocycles. The van der Waals surface area contributed by atoms with Gasteiger partial charge in [-0.2, -0.15) is 0 Å². The van der Waals surface area contributed by atoms with E-state index in [9.17, 15) is 0 Å². The smallest absolute Gasteiger partial charge is 0.238 e. The Kier molecular flexibility index (Phi) is 11.0. The van der Waals surface area contributed by atoms with Crippen LogP contribution in [0.15, 0.2) is 94.9 Å². The van der Waals surface area contributed by atoms with E-state index in [0.29, 0.717) is 34.8 Å². The lowest BCUT2D eigenvalue weighted by molar-refractivity contribution is 0.396. The minimum atomic E-state index is 0.118. The Hall–Kier alpha value is -6.14. The largest absolute Gasteiger partial charge is 0.479 e. The van der Waals surface area contributed by atoms with Gasteiger partial charge in [0.05, 0.1) is 61.5 Å². The van der Waals surface area contributed by atoms with Crippen LogP contribution >= 0.6 is 31.9 Å². The molecule has 2 aliphatic rings. The molecule has 2 aliphatic heterocycles. The second-order valence-electron chi connectivity index (χ2n) is 14.5. The molecule has 8 aromatic rings. The first-order valence-corrected chi connectivity index (χ1v) is 21.1. The summed E-state index contributed by atoms with van der Waals surface area (Å²) < 4.78 is 20.5. The SMILES string of the molecule is COc1nc(-c2nc3n(n2)CCC[C@@H]3c2cccc(Br)n2)ccc1-n1cnc(C)c1.COc1nc(-c2nc3n(n2)CCC[C@H]3c2cccc(Br)n2)ccc1-n1cnc(C)c1. The van der Waals surface area contributed by atoms with Crippen LogP contribution in [0.2, 0.25) is 0 Å². The van der Waals surface area contributed by atoms with E-state index >= 15 is 0 Å². The Bertz CT molecular complexity index is 2620. The molecule has 0 aromatic carbocycles. The summed E-state index contributed by atoms with van der Waals surface area (Å²) in [5.74, 6) is 4.29. The number of aryl methyl sites for hydroxylation is 4. The molecule has 0 spiro atoms. The van der Waals surface area contributed by atoms with Crippen molar-refractivity contribution < 1.29 is 9.47 Å². The number of aromatic nitrogens is 14. The number of hydrogen-bond acceptors (Lipinski definition) is 12. The number of ether oxygens (including phenoxy) is 2. The summed E-state index contributed by atoms with van der Waals surface area (Å²) in [6, 6.07) is 19.7. The van der Waals surface area contributed by atoms with Gasteiger partial charge < -0.3 is 18.6 Å². The first-order chi connectivity index (χ1) is 29.2. The Balaban J connectivity index is 0.000000154. The highest BCUT2D eigenvalue weighted by molar-refractivity contribution is 9.10. The Morgan fingerprint density at radius 3 is 1.40 bits per heavy atom. The number of methoxy groups -OCH3 is 2. The summed E-state index contributed by atoms with van der Waals surface area (Å²) >= 11 is 6.94. The number of hydrogen-bond donors (Lipinski definition) is 0. The first-order valence-electron chi connectivity index (χ1n) is 19.5. The quantitative estimate of drug-likeness (QED) is 0.136. The van der Waals surface area contributed by atoms with Crippen molar-refractivity contribution in [3.63, 3.8) is 0 Å². The third-order valence-corrected chi connectivity index (χ3v) is 11.3. The lowest BCUT2D eigenvalue weighted by atomic mass is 9.95. The molecule has 0 unspecified atom stereocenters. The van der Waals surface area contributed by atoms with Gasteiger partial charge in [0, 0.05) is 25.5 Å². The molecule has 0 aliphatic carbocycles. The van der Waals surface area contributed by atoms with E-state index in [1.54, 1.807) is 26.9 Å². The van der Waals surface area contributed by atoms with Gasteiger partial charge in [-0.1, -0.05) is 12.1 Å². The van der Waals surface area contributed by atoms with Crippen LogP contribution in [0.25, 0.3) is 34.4 Å². The normalized spacial score (nSPS) is 15.8. The van der Waals surface area contributed by atoms with E-state index < -0.39 is 0 Å². The highest BCUT2D eigenvalue weighted by atomic mass is 79.9. The summed E-state index contributed by atoms with van der Waals surface area (Å²) in [5, 5.41) is 9.46. The van der Waals surface area contributed by atoms with Crippen molar-refractivity contribution in [1.82, 2.24) is 68.6 Å². The predicted octanol–water partition coefficient (Wildman–Crippen LogP) is 7.85. The zero-order chi connectivity index (χ0) is 41.3. The van der Waals surface area contributed by atoms with Crippen LogP contribution in [-0.2, 0) is 13.1 Å². The lowest BCUT2D eigenvalue weighted by Crippen LogP contribution is -2.18. The Labute approximate surface area is 362 Å². The number of halogens is 2. The maximum absolute atomic E-state index is 5.54. The minimum Gasteiger partial charge on any atom is -0.479 e. The monoisotopic (exact) mass is 930 g/mol. The molecule has 304 valence electrons. The second-order valence-corrected chi connectivity index (χ2v) is 16.1. The van der Waals surface area contributed by atoms with Gasteiger partial charge in [0.15, 0.2) is 11.6 Å². The third-order valence-electron chi connectivity index (χ3n) is 10.4. The molecule has 0 N–H and O–H groups in total. The van der Waals surface area contributed by atoms with Crippen molar-refractivity contribution >= 4 is 31.9 Å². The van der Waals surface area contributed by atoms with Crippen LogP contribution in [0, 0.1) is 13.8 Å². The Morgan fingerprint density at radius 1 is 0.567 bits per heavy atom. The van der Waals surface area contributed by atoms with E-state index in [1.165, 1.54) is 0 Å². The van der Waals surface area contributed by atoms with Gasteiger partial charge >= 0.3 is 0 Å². The molecule has 2 atom stereocenters. The zero-order valence-electron chi connectivity index (χ0n) is 33.3. The third kappa shape index (κ3) is 7.95. The molecule has 0 radical (unpaired) electrons. The molecule has 0 saturated heterocycles. The summed E-state index contributed by atoms with van der Waals surface area (Å²) in [5.41, 5.74) is 6.85. The average Bonchev–Trinajstić information content (AvgIpc) is 4.10. The van der Waals surface area contributed by atoms with E-state index in [1.807, 2.05) is 105 Å². The van der Waals surface area contributed by atoms with Gasteiger partial charge in [0.1, 0.15) is 43.6 Å². The van der Waals surface area contributed by atoms with Crippen molar-refractivity contribution in [3.8, 4) is 46.2 Å². The summed E-state index contributed by atoms with van der Waals surface area (Å²) in [6.45, 7) is 5.58. The summed E-state index contributed by atoms with van der Waals surface area (Å²) in [6.07, 6.45) is 11.4. The predicted molar refractivity (Wildman–Crippen MR) is 229 cm³/mol. The van der Waals surface area contributed by atoms with Crippen molar-refractivity contribution in [2.45, 2.75) is 64.5 Å². The van der Waals surface area contributed by atoms with E-state index in [2.05, 4.69) is 61.8 Å². The topological polar surface area (TPSA) is 167 Å². The molecular weight excluding hydrogens is 892 g/mol. The molecule has 0 saturated carbocycles. The van der Waals surface area contributed by atoms with Crippen LogP contribution in [0.4, 0.5) is 0 Å².